The largest absolute Gasteiger partial charge is 0.481 e. The fourth-order valence-corrected chi connectivity index (χ4v) is 1.73. The summed E-state index contributed by atoms with van der Waals surface area (Å²) in [5.41, 5.74) is 0. The molecule has 0 saturated carbocycles. The van der Waals surface area contributed by atoms with E-state index >= 15 is 0 Å². The maximum Gasteiger partial charge on any atom is 0.324 e. The second-order valence-electron chi connectivity index (χ2n) is 5.19. The van der Waals surface area contributed by atoms with Crippen LogP contribution in [0.5, 0.6) is 0 Å². The lowest BCUT2D eigenvalue weighted by molar-refractivity contribution is -0.138. The van der Waals surface area contributed by atoms with Gasteiger partial charge in [0.25, 0.3) is 0 Å². The van der Waals surface area contributed by atoms with Crippen LogP contribution in [0.2, 0.25) is 0 Å². The van der Waals surface area contributed by atoms with Crippen molar-refractivity contribution in [3.05, 3.63) is 0 Å². The van der Waals surface area contributed by atoms with Crippen molar-refractivity contribution < 1.29 is 19.5 Å². The number of rotatable bonds is 7. The Bertz CT molecular complexity index is 329. The molecule has 0 spiro atoms. The third kappa shape index (κ3) is 8.18. The lowest BCUT2D eigenvalue weighted by Gasteiger charge is -2.23. The minimum atomic E-state index is -0.943. The lowest BCUT2D eigenvalue weighted by atomic mass is 10.0. The molecule has 0 radical (unpaired) electrons. The van der Waals surface area contributed by atoms with Gasteiger partial charge in [0, 0.05) is 25.9 Å². The molecule has 0 aliphatic heterocycles. The van der Waals surface area contributed by atoms with E-state index in [0.717, 1.165) is 0 Å². The number of carboxylic acids is 1. The Balaban J connectivity index is 4.23. The number of carboxylic acid groups (broad SMARTS) is 1. The number of nitrogens with one attached hydrogen (secondary N) is 1. The number of nitrogens with zero attached hydrogens (tertiary/aromatic N) is 1. The van der Waals surface area contributed by atoms with Crippen LogP contribution < -0.4 is 5.32 Å². The first-order valence-corrected chi connectivity index (χ1v) is 6.56. The normalized spacial score (nSPS) is 12.1. The first-order valence-electron chi connectivity index (χ1n) is 6.56. The number of aliphatic carboxylic acids is 1. The van der Waals surface area contributed by atoms with E-state index in [-0.39, 0.29) is 18.8 Å². The molecule has 110 valence electrons. The van der Waals surface area contributed by atoms with Gasteiger partial charge >= 0.3 is 12.0 Å². The number of carbonyl (C=O) groups excluding carboxylic acids is 2. The summed E-state index contributed by atoms with van der Waals surface area (Å²) in [5, 5.41) is 10.9. The van der Waals surface area contributed by atoms with E-state index in [2.05, 4.69) is 5.32 Å². The van der Waals surface area contributed by atoms with Gasteiger partial charge in [-0.3, -0.25) is 14.9 Å². The number of hydrogen-bond donors (Lipinski definition) is 2. The number of hydrogen-bond acceptors (Lipinski definition) is 3. The summed E-state index contributed by atoms with van der Waals surface area (Å²) in [7, 11) is 0. The topological polar surface area (TPSA) is 86.7 Å². The maximum absolute atomic E-state index is 11.8. The van der Waals surface area contributed by atoms with Gasteiger partial charge in [-0.05, 0) is 18.8 Å². The zero-order valence-electron chi connectivity index (χ0n) is 12.1. The summed E-state index contributed by atoms with van der Waals surface area (Å²) >= 11 is 0. The van der Waals surface area contributed by atoms with Crippen molar-refractivity contribution in [1.29, 1.82) is 0 Å². The Morgan fingerprint density at radius 1 is 1.16 bits per heavy atom. The molecule has 0 aromatic rings. The Kier molecular flexibility index (Phi) is 7.79. The second-order valence-corrected chi connectivity index (χ2v) is 5.19. The van der Waals surface area contributed by atoms with Crippen LogP contribution in [-0.2, 0) is 9.59 Å². The van der Waals surface area contributed by atoms with Gasteiger partial charge in [0.15, 0.2) is 0 Å². The van der Waals surface area contributed by atoms with Gasteiger partial charge in [0.1, 0.15) is 0 Å². The van der Waals surface area contributed by atoms with Crippen molar-refractivity contribution in [3.63, 3.8) is 0 Å². The highest BCUT2D eigenvalue weighted by atomic mass is 16.4. The van der Waals surface area contributed by atoms with Gasteiger partial charge in [-0.15, -0.1) is 0 Å². The molecule has 0 rings (SSSR count). The Hall–Kier alpha value is -1.59. The van der Waals surface area contributed by atoms with E-state index in [9.17, 15) is 14.4 Å². The smallest absolute Gasteiger partial charge is 0.324 e. The molecule has 0 aromatic heterocycles. The summed E-state index contributed by atoms with van der Waals surface area (Å²) in [6, 6.07) is -0.413. The minimum Gasteiger partial charge on any atom is -0.481 e. The van der Waals surface area contributed by atoms with Crippen molar-refractivity contribution in [3.8, 4) is 0 Å². The van der Waals surface area contributed by atoms with Gasteiger partial charge in [-0.1, -0.05) is 20.8 Å². The summed E-state index contributed by atoms with van der Waals surface area (Å²) in [6.45, 7) is 8.62. The molecule has 3 amide bonds. The molecule has 0 fully saturated rings. The number of carbonyl (C=O) groups is 3. The minimum absolute atomic E-state index is 0.0390. The molecule has 6 nitrogen and oxygen atoms in total. The molecule has 1 atom stereocenters. The van der Waals surface area contributed by atoms with Gasteiger partial charge in [0.2, 0.25) is 5.91 Å². The zero-order valence-corrected chi connectivity index (χ0v) is 12.1. The third-order valence-corrected chi connectivity index (χ3v) is 2.56. The lowest BCUT2D eigenvalue weighted by Crippen LogP contribution is -2.44. The van der Waals surface area contributed by atoms with Gasteiger partial charge < -0.3 is 10.0 Å². The first-order chi connectivity index (χ1) is 8.76. The number of urea groups is 1. The van der Waals surface area contributed by atoms with Crippen molar-refractivity contribution in [1.82, 2.24) is 10.2 Å². The highest BCUT2D eigenvalue weighted by molar-refractivity contribution is 5.94. The van der Waals surface area contributed by atoms with Crippen LogP contribution in [0.3, 0.4) is 0 Å². The summed E-state index contributed by atoms with van der Waals surface area (Å²) in [5.74, 6) is -1.33. The molecule has 0 aromatic carbocycles. The van der Waals surface area contributed by atoms with Crippen LogP contribution in [0.25, 0.3) is 0 Å². The fraction of sp³-hybridized carbons (Fsp3) is 0.769. The van der Waals surface area contributed by atoms with Crippen molar-refractivity contribution in [2.24, 2.45) is 11.8 Å². The van der Waals surface area contributed by atoms with Crippen LogP contribution in [0.4, 0.5) is 4.79 Å². The number of amides is 3. The fourth-order valence-electron chi connectivity index (χ4n) is 1.73. The predicted molar refractivity (Wildman–Crippen MR) is 71.7 cm³/mol. The maximum atomic E-state index is 11.8. The standard InChI is InChI=1S/C13H24N2O4/c1-5-15(8-9(2)3)13(19)14-11(16)6-10(4)7-12(17)18/h9-10H,5-8H2,1-4H3,(H,17,18)(H,14,16,19). The molecule has 6 heteroatoms. The monoisotopic (exact) mass is 272 g/mol. The van der Waals surface area contributed by atoms with Gasteiger partial charge in [-0.2, -0.15) is 0 Å². The molecular weight excluding hydrogens is 248 g/mol. The molecule has 2 N–H and O–H groups in total. The van der Waals surface area contributed by atoms with Gasteiger partial charge in [0.05, 0.1) is 0 Å². The quantitative estimate of drug-likeness (QED) is 0.738. The van der Waals surface area contributed by atoms with Crippen molar-refractivity contribution >= 4 is 17.9 Å². The molecule has 0 saturated heterocycles. The van der Waals surface area contributed by atoms with Gasteiger partial charge in [-0.25, -0.2) is 4.79 Å². The Labute approximate surface area is 114 Å². The third-order valence-electron chi connectivity index (χ3n) is 2.56. The van der Waals surface area contributed by atoms with Crippen LogP contribution in [0.1, 0.15) is 40.5 Å². The number of imide groups is 1. The van der Waals surface area contributed by atoms with Crippen molar-refractivity contribution in [2.75, 3.05) is 13.1 Å². The summed E-state index contributed by atoms with van der Waals surface area (Å²) in [6.07, 6.45) is -0.0393. The predicted octanol–water partition coefficient (Wildman–Crippen LogP) is 1.70. The highest BCUT2D eigenvalue weighted by Gasteiger charge is 2.18. The van der Waals surface area contributed by atoms with Crippen LogP contribution in [0, 0.1) is 11.8 Å². The van der Waals surface area contributed by atoms with E-state index in [4.69, 9.17) is 5.11 Å². The first kappa shape index (κ1) is 17.4. The molecule has 1 unspecified atom stereocenters. The average Bonchev–Trinajstić information content (AvgIpc) is 2.23. The SMILES string of the molecule is CCN(CC(C)C)C(=O)NC(=O)CC(C)CC(=O)O. The van der Waals surface area contributed by atoms with E-state index in [1.807, 2.05) is 20.8 Å². The summed E-state index contributed by atoms with van der Waals surface area (Å²) < 4.78 is 0. The van der Waals surface area contributed by atoms with E-state index in [0.29, 0.717) is 19.0 Å². The molecule has 0 heterocycles. The molecule has 0 bridgehead atoms. The van der Waals surface area contributed by atoms with Crippen LogP contribution >= 0.6 is 0 Å². The van der Waals surface area contributed by atoms with Crippen molar-refractivity contribution in [2.45, 2.75) is 40.5 Å². The summed E-state index contributed by atoms with van der Waals surface area (Å²) in [4.78, 5) is 35.4. The van der Waals surface area contributed by atoms with E-state index < -0.39 is 17.9 Å². The van der Waals surface area contributed by atoms with E-state index in [1.54, 1.807) is 11.8 Å². The average molecular weight is 272 g/mol. The molecule has 0 aliphatic carbocycles. The zero-order chi connectivity index (χ0) is 15.0. The van der Waals surface area contributed by atoms with E-state index in [1.165, 1.54) is 0 Å². The second kappa shape index (κ2) is 8.50. The highest BCUT2D eigenvalue weighted by Crippen LogP contribution is 2.07. The Morgan fingerprint density at radius 2 is 1.74 bits per heavy atom. The molecule has 19 heavy (non-hydrogen) atoms. The van der Waals surface area contributed by atoms with Crippen LogP contribution in [-0.4, -0.2) is 41.0 Å². The molecule has 0 aliphatic rings. The van der Waals surface area contributed by atoms with Crippen LogP contribution in [0.15, 0.2) is 0 Å². The molecular formula is C13H24N2O4. The Morgan fingerprint density at radius 3 is 2.16 bits per heavy atom.